The number of nitrogens with zero attached hydrogens (tertiary/aromatic N) is 5. The fourth-order valence-corrected chi connectivity index (χ4v) is 8.00. The predicted octanol–water partition coefficient (Wildman–Crippen LogP) is 3.96. The van der Waals surface area contributed by atoms with Crippen molar-refractivity contribution in [3.8, 4) is 17.5 Å². The van der Waals surface area contributed by atoms with Crippen molar-refractivity contribution in [1.82, 2.24) is 35.1 Å². The van der Waals surface area contributed by atoms with Crippen molar-refractivity contribution in [3.63, 3.8) is 0 Å². The van der Waals surface area contributed by atoms with E-state index in [4.69, 9.17) is 14.5 Å². The van der Waals surface area contributed by atoms with Gasteiger partial charge in [0.15, 0.2) is 11.6 Å². The highest BCUT2D eigenvalue weighted by Gasteiger charge is 2.61. The minimum atomic E-state index is -1.43. The summed E-state index contributed by atoms with van der Waals surface area (Å²) < 4.78 is 14.6. The van der Waals surface area contributed by atoms with Crippen molar-refractivity contribution in [2.75, 3.05) is 6.54 Å². The number of ether oxygens (including phenoxy) is 2. The van der Waals surface area contributed by atoms with E-state index in [1.165, 1.54) is 16.2 Å². The average molecular weight is 692 g/mol. The monoisotopic (exact) mass is 691 g/mol. The molecule has 0 bridgehead atoms. The topological polar surface area (TPSA) is 178 Å². The number of thiophene rings is 1. The molecular weight excluding hydrogens is 650 g/mol. The number of carbonyl (C=O) groups is 4. The molecule has 0 aromatic carbocycles. The summed E-state index contributed by atoms with van der Waals surface area (Å²) >= 11 is 1.41. The minimum absolute atomic E-state index is 0.0325. The molecule has 3 fully saturated rings. The number of hydrogen-bond acceptors (Lipinski definition) is 10. The van der Waals surface area contributed by atoms with Gasteiger partial charge in [-0.1, -0.05) is 25.0 Å². The lowest BCUT2D eigenvalue weighted by atomic mass is 10.0. The molecule has 3 aromatic rings. The van der Waals surface area contributed by atoms with E-state index in [2.05, 4.69) is 20.6 Å². The number of imidazole rings is 1. The van der Waals surface area contributed by atoms with E-state index >= 15 is 0 Å². The van der Waals surface area contributed by atoms with Crippen LogP contribution in [0, 0.1) is 5.92 Å². The van der Waals surface area contributed by atoms with E-state index in [0.717, 1.165) is 44.9 Å². The molecule has 0 unspecified atom stereocenters. The molecule has 0 spiro atoms. The molecule has 14 nitrogen and oxygen atoms in total. The molecule has 15 heteroatoms. The lowest BCUT2D eigenvalue weighted by Gasteiger charge is -2.29. The average Bonchev–Trinajstić information content (AvgIpc) is 3.67. The number of carboxylic acids is 1. The highest BCUT2D eigenvalue weighted by Crippen LogP contribution is 2.45. The Balaban J connectivity index is 1.18. The summed E-state index contributed by atoms with van der Waals surface area (Å²) in [6.07, 6.45) is 13.2. The Kier molecular flexibility index (Phi) is 9.27. The van der Waals surface area contributed by atoms with Gasteiger partial charge in [-0.2, -0.15) is 4.98 Å². The first-order valence-electron chi connectivity index (χ1n) is 17.1. The zero-order valence-corrected chi connectivity index (χ0v) is 28.2. The number of carbonyl (C=O) groups excluding carboxylic acids is 3. The van der Waals surface area contributed by atoms with Gasteiger partial charge in [0.1, 0.15) is 34.5 Å². The zero-order valence-electron chi connectivity index (χ0n) is 27.4. The van der Waals surface area contributed by atoms with Crippen molar-refractivity contribution < 1.29 is 33.8 Å². The van der Waals surface area contributed by atoms with E-state index < -0.39 is 47.6 Å². The molecule has 7 rings (SSSR count). The predicted molar refractivity (Wildman–Crippen MR) is 179 cm³/mol. The molecule has 3 amide bonds. The molecule has 3 aromatic heterocycles. The highest BCUT2D eigenvalue weighted by molar-refractivity contribution is 7.17. The third-order valence-corrected chi connectivity index (χ3v) is 11.0. The quantitative estimate of drug-likeness (QED) is 0.321. The Labute approximate surface area is 287 Å². The first-order valence-corrected chi connectivity index (χ1v) is 18.0. The number of hydrogen-bond donors (Lipinski definition) is 3. The standard InChI is InChI=1S/C34H41N7O7S/c1-40-15-14-35-28(40)27-36-23-13-16-49-26(23)30(38-27)47-22-17-25-29(42)39-34(32(44)45)18-20(34)9-5-3-2-4-6-12-24(31(43)41(25)19-22)37-33(46)48-21-10-7-8-11-21/h5,9,13-16,20-22,24-25H,2-4,6-8,10-12,17-19H2,1H3,(H,37,46)(H,39,42)(H,44,45)/b9-5+/t20-,22-,24+,25+,34-/m1/s1. The first kappa shape index (κ1) is 33.0. The number of nitrogens with one attached hydrogen (secondary N) is 2. The normalized spacial score (nSPS) is 28.6. The number of aliphatic carboxylic acids is 1. The van der Waals surface area contributed by atoms with Gasteiger partial charge in [-0.15, -0.1) is 11.3 Å². The summed E-state index contributed by atoms with van der Waals surface area (Å²) in [6, 6.07) is -0.0960. The number of carboxylic acid groups (broad SMARTS) is 1. The molecule has 4 aliphatic rings. The molecule has 5 heterocycles. The molecule has 49 heavy (non-hydrogen) atoms. The van der Waals surface area contributed by atoms with Crippen LogP contribution in [0.1, 0.15) is 70.6 Å². The third-order valence-electron chi connectivity index (χ3n) is 10.1. The van der Waals surface area contributed by atoms with Crippen LogP contribution in [0.15, 0.2) is 36.0 Å². The first-order chi connectivity index (χ1) is 23.7. The molecule has 3 N–H and O–H groups in total. The maximum absolute atomic E-state index is 14.4. The number of alkyl carbamates (subject to hydrolysis) is 1. The van der Waals surface area contributed by atoms with Gasteiger partial charge in [0, 0.05) is 31.8 Å². The molecule has 2 saturated carbocycles. The molecular formula is C34H41N7O7S. The van der Waals surface area contributed by atoms with Crippen LogP contribution < -0.4 is 15.4 Å². The smallest absolute Gasteiger partial charge is 0.408 e. The SMILES string of the molecule is Cn1ccnc1-c1nc(O[C@@H]2C[C@H]3C(=O)N[C@]4(C(=O)O)C[C@H]4/C=C/CCCCC[C@H](NC(=O)OC4CCCC4)C(=O)N3C2)c2sccc2n1. The van der Waals surface area contributed by atoms with Gasteiger partial charge in [0.05, 0.1) is 12.1 Å². The molecule has 1 saturated heterocycles. The number of fused-ring (bicyclic) bond motifs is 3. The van der Waals surface area contributed by atoms with E-state index in [0.29, 0.717) is 40.6 Å². The van der Waals surface area contributed by atoms with Gasteiger partial charge < -0.3 is 34.7 Å². The summed E-state index contributed by atoms with van der Waals surface area (Å²) in [5.41, 5.74) is -0.757. The second-order valence-corrected chi connectivity index (χ2v) is 14.4. The molecule has 0 radical (unpaired) electrons. The maximum Gasteiger partial charge on any atom is 0.408 e. The van der Waals surface area contributed by atoms with Crippen molar-refractivity contribution in [1.29, 1.82) is 0 Å². The summed E-state index contributed by atoms with van der Waals surface area (Å²) in [5.74, 6) is -1.22. The van der Waals surface area contributed by atoms with Crippen molar-refractivity contribution in [2.45, 2.75) is 100 Å². The maximum atomic E-state index is 14.4. The zero-order chi connectivity index (χ0) is 34.1. The summed E-state index contributed by atoms with van der Waals surface area (Å²) in [5, 5.41) is 17.7. The van der Waals surface area contributed by atoms with Gasteiger partial charge in [0.2, 0.25) is 17.7 Å². The molecule has 260 valence electrons. The molecule has 2 aliphatic heterocycles. The van der Waals surface area contributed by atoms with Crippen LogP contribution in [0.25, 0.3) is 21.9 Å². The lowest BCUT2D eigenvalue weighted by molar-refractivity contribution is -0.145. The minimum Gasteiger partial charge on any atom is -0.479 e. The Morgan fingerprint density at radius 3 is 2.69 bits per heavy atom. The highest BCUT2D eigenvalue weighted by atomic mass is 32.1. The van der Waals surface area contributed by atoms with Crippen LogP contribution in [0.4, 0.5) is 4.79 Å². The fraction of sp³-hybridized carbons (Fsp3) is 0.559. The molecule has 5 atom stereocenters. The summed E-state index contributed by atoms with van der Waals surface area (Å²) in [6.45, 7) is 0.0325. The Morgan fingerprint density at radius 1 is 1.10 bits per heavy atom. The van der Waals surface area contributed by atoms with E-state index in [1.54, 1.807) is 17.0 Å². The number of rotatable bonds is 6. The van der Waals surface area contributed by atoms with Gasteiger partial charge in [0.25, 0.3) is 0 Å². The Morgan fingerprint density at radius 2 is 1.92 bits per heavy atom. The summed E-state index contributed by atoms with van der Waals surface area (Å²) in [7, 11) is 1.84. The number of aromatic nitrogens is 4. The largest absolute Gasteiger partial charge is 0.479 e. The van der Waals surface area contributed by atoms with Crippen LogP contribution in [0.5, 0.6) is 5.88 Å². The van der Waals surface area contributed by atoms with Crippen LogP contribution in [-0.2, 0) is 26.2 Å². The van der Waals surface area contributed by atoms with E-state index in [1.807, 2.05) is 30.6 Å². The Hall–Kier alpha value is -4.53. The second kappa shape index (κ2) is 13.8. The fourth-order valence-electron chi connectivity index (χ4n) is 7.24. The van der Waals surface area contributed by atoms with Crippen LogP contribution in [0.3, 0.4) is 0 Å². The molecule has 2 aliphatic carbocycles. The van der Waals surface area contributed by atoms with E-state index in [9.17, 15) is 24.3 Å². The summed E-state index contributed by atoms with van der Waals surface area (Å²) in [4.78, 5) is 69.0. The lowest BCUT2D eigenvalue weighted by Crippen LogP contribution is -2.56. The third kappa shape index (κ3) is 6.85. The van der Waals surface area contributed by atoms with Crippen LogP contribution >= 0.6 is 11.3 Å². The Bertz CT molecular complexity index is 1770. The van der Waals surface area contributed by atoms with Crippen molar-refractivity contribution in [3.05, 3.63) is 36.0 Å². The number of allylic oxidation sites excluding steroid dienone is 1. The van der Waals surface area contributed by atoms with Gasteiger partial charge in [-0.3, -0.25) is 9.59 Å². The van der Waals surface area contributed by atoms with Gasteiger partial charge in [-0.05, 0) is 62.8 Å². The van der Waals surface area contributed by atoms with Crippen molar-refractivity contribution in [2.24, 2.45) is 13.0 Å². The van der Waals surface area contributed by atoms with Gasteiger partial charge in [-0.25, -0.2) is 19.6 Å². The van der Waals surface area contributed by atoms with Crippen LogP contribution in [0.2, 0.25) is 0 Å². The number of amides is 3. The van der Waals surface area contributed by atoms with E-state index in [-0.39, 0.29) is 31.4 Å². The van der Waals surface area contributed by atoms with Crippen LogP contribution in [-0.4, -0.2) is 89.8 Å². The van der Waals surface area contributed by atoms with Gasteiger partial charge >= 0.3 is 12.1 Å². The number of aryl methyl sites for hydroxylation is 1. The second-order valence-electron chi connectivity index (χ2n) is 13.5. The van der Waals surface area contributed by atoms with Crippen molar-refractivity contribution >= 4 is 45.4 Å².